The molecular formula is C19H25N3OS. The van der Waals surface area contributed by atoms with Gasteiger partial charge in [0.25, 0.3) is 0 Å². The van der Waals surface area contributed by atoms with Crippen molar-refractivity contribution in [3.8, 4) is 0 Å². The first kappa shape index (κ1) is 17.0. The molecule has 1 aliphatic carbocycles. The van der Waals surface area contributed by atoms with Crippen molar-refractivity contribution in [1.82, 2.24) is 15.6 Å². The second kappa shape index (κ2) is 6.93. The molecule has 0 bridgehead atoms. The van der Waals surface area contributed by atoms with Crippen molar-refractivity contribution in [2.45, 2.75) is 58.0 Å². The van der Waals surface area contributed by atoms with Crippen molar-refractivity contribution in [3.05, 3.63) is 51.5 Å². The molecule has 0 aliphatic heterocycles. The summed E-state index contributed by atoms with van der Waals surface area (Å²) >= 11 is 1.65. The molecule has 5 heteroatoms. The van der Waals surface area contributed by atoms with Gasteiger partial charge in [0.1, 0.15) is 0 Å². The summed E-state index contributed by atoms with van der Waals surface area (Å²) in [6.07, 6.45) is 3.21. The molecule has 1 heterocycles. The Morgan fingerprint density at radius 1 is 1.33 bits per heavy atom. The van der Waals surface area contributed by atoms with Gasteiger partial charge in [0.15, 0.2) is 0 Å². The number of hydrogen-bond donors (Lipinski definition) is 2. The monoisotopic (exact) mass is 343 g/mol. The number of hydrogen-bond acceptors (Lipinski definition) is 3. The first-order chi connectivity index (χ1) is 11.4. The highest BCUT2D eigenvalue weighted by molar-refractivity contribution is 7.09. The molecule has 128 valence electrons. The Kier molecular flexibility index (Phi) is 4.90. The quantitative estimate of drug-likeness (QED) is 0.872. The molecular weight excluding hydrogens is 318 g/mol. The molecule has 1 aliphatic rings. The summed E-state index contributed by atoms with van der Waals surface area (Å²) in [6, 6.07) is 8.37. The Bertz CT molecular complexity index is 717. The average Bonchev–Trinajstić information content (AvgIpc) is 3.03. The minimum absolute atomic E-state index is 0.0526. The molecule has 0 radical (unpaired) electrons. The van der Waals surface area contributed by atoms with Crippen LogP contribution in [0.3, 0.4) is 0 Å². The molecule has 0 saturated heterocycles. The molecule has 2 amide bonds. The van der Waals surface area contributed by atoms with Crippen LogP contribution in [0.4, 0.5) is 4.79 Å². The van der Waals surface area contributed by atoms with Gasteiger partial charge in [-0.15, -0.1) is 11.3 Å². The molecule has 24 heavy (non-hydrogen) atoms. The highest BCUT2D eigenvalue weighted by Gasteiger charge is 2.21. The molecule has 3 rings (SSSR count). The Labute approximate surface area is 147 Å². The van der Waals surface area contributed by atoms with Crippen LogP contribution in [-0.2, 0) is 18.4 Å². The van der Waals surface area contributed by atoms with Crippen molar-refractivity contribution in [2.24, 2.45) is 0 Å². The molecule has 1 aromatic carbocycles. The summed E-state index contributed by atoms with van der Waals surface area (Å²) in [5, 5.41) is 9.17. The maximum absolute atomic E-state index is 12.3. The van der Waals surface area contributed by atoms with Crippen LogP contribution in [0.15, 0.2) is 29.6 Å². The maximum atomic E-state index is 12.3. The SMILES string of the molecule is CC(C)(C)c1nc(CNC(=O)NC2CCCc3ccccc32)cs1. The number of carbonyl (C=O) groups is 1. The van der Waals surface area contributed by atoms with Crippen LogP contribution in [0.25, 0.3) is 0 Å². The van der Waals surface area contributed by atoms with Crippen molar-refractivity contribution in [3.63, 3.8) is 0 Å². The van der Waals surface area contributed by atoms with E-state index in [0.29, 0.717) is 6.54 Å². The second-order valence-corrected chi connectivity index (χ2v) is 8.22. The van der Waals surface area contributed by atoms with E-state index < -0.39 is 0 Å². The molecule has 0 fully saturated rings. The van der Waals surface area contributed by atoms with Crippen molar-refractivity contribution in [1.29, 1.82) is 0 Å². The third-order valence-corrected chi connectivity index (χ3v) is 5.62. The van der Waals surface area contributed by atoms with Gasteiger partial charge in [-0.25, -0.2) is 9.78 Å². The fourth-order valence-electron chi connectivity index (χ4n) is 3.02. The first-order valence-corrected chi connectivity index (χ1v) is 9.38. The molecule has 0 saturated carbocycles. The van der Waals surface area contributed by atoms with Gasteiger partial charge >= 0.3 is 6.03 Å². The number of aryl methyl sites for hydroxylation is 1. The topological polar surface area (TPSA) is 54.0 Å². The van der Waals surface area contributed by atoms with Crippen LogP contribution in [0.2, 0.25) is 0 Å². The molecule has 1 atom stereocenters. The minimum atomic E-state index is -0.123. The van der Waals surface area contributed by atoms with Crippen molar-refractivity contribution in [2.75, 3.05) is 0 Å². The summed E-state index contributed by atoms with van der Waals surface area (Å²) in [6.45, 7) is 6.91. The highest BCUT2D eigenvalue weighted by atomic mass is 32.1. The first-order valence-electron chi connectivity index (χ1n) is 8.50. The van der Waals surface area contributed by atoms with E-state index in [1.54, 1.807) is 11.3 Å². The highest BCUT2D eigenvalue weighted by Crippen LogP contribution is 2.29. The zero-order valence-corrected chi connectivity index (χ0v) is 15.4. The summed E-state index contributed by atoms with van der Waals surface area (Å²) in [5.41, 5.74) is 3.58. The third-order valence-electron chi connectivity index (χ3n) is 4.30. The van der Waals surface area contributed by atoms with E-state index >= 15 is 0 Å². The fourth-order valence-corrected chi connectivity index (χ4v) is 3.92. The third kappa shape index (κ3) is 3.96. The lowest BCUT2D eigenvalue weighted by Gasteiger charge is -2.26. The van der Waals surface area contributed by atoms with E-state index in [2.05, 4.69) is 54.6 Å². The molecule has 0 spiro atoms. The zero-order chi connectivity index (χ0) is 17.2. The number of rotatable bonds is 3. The van der Waals surface area contributed by atoms with E-state index in [9.17, 15) is 4.79 Å². The lowest BCUT2D eigenvalue weighted by molar-refractivity contribution is 0.235. The second-order valence-electron chi connectivity index (χ2n) is 7.36. The fraction of sp³-hybridized carbons (Fsp3) is 0.474. The summed E-state index contributed by atoms with van der Waals surface area (Å²) in [4.78, 5) is 16.9. The van der Waals surface area contributed by atoms with Crippen LogP contribution in [0.1, 0.15) is 61.5 Å². The van der Waals surface area contributed by atoms with E-state index in [1.165, 1.54) is 11.1 Å². The number of thiazole rings is 1. The molecule has 2 aromatic rings. The number of fused-ring (bicyclic) bond motifs is 1. The smallest absolute Gasteiger partial charge is 0.315 e. The van der Waals surface area contributed by atoms with Crippen LogP contribution < -0.4 is 10.6 Å². The zero-order valence-electron chi connectivity index (χ0n) is 14.6. The molecule has 2 N–H and O–H groups in total. The summed E-state index contributed by atoms with van der Waals surface area (Å²) < 4.78 is 0. The number of carbonyl (C=O) groups excluding carboxylic acids is 1. The minimum Gasteiger partial charge on any atom is -0.332 e. The number of urea groups is 1. The van der Waals surface area contributed by atoms with Gasteiger partial charge in [0.05, 0.1) is 23.3 Å². The lowest BCUT2D eigenvalue weighted by atomic mass is 9.88. The van der Waals surface area contributed by atoms with Crippen LogP contribution in [0.5, 0.6) is 0 Å². The molecule has 1 unspecified atom stereocenters. The van der Waals surface area contributed by atoms with Crippen LogP contribution in [0, 0.1) is 0 Å². The lowest BCUT2D eigenvalue weighted by Crippen LogP contribution is -2.38. The Morgan fingerprint density at radius 3 is 2.88 bits per heavy atom. The van der Waals surface area contributed by atoms with E-state index in [-0.39, 0.29) is 17.5 Å². The maximum Gasteiger partial charge on any atom is 0.315 e. The predicted molar refractivity (Wildman–Crippen MR) is 98.3 cm³/mol. The average molecular weight is 343 g/mol. The summed E-state index contributed by atoms with van der Waals surface area (Å²) in [7, 11) is 0. The Hall–Kier alpha value is -1.88. The Morgan fingerprint density at radius 2 is 2.12 bits per heavy atom. The van der Waals surface area contributed by atoms with Gasteiger partial charge < -0.3 is 10.6 Å². The van der Waals surface area contributed by atoms with Gasteiger partial charge in [-0.3, -0.25) is 0 Å². The molecule has 4 nitrogen and oxygen atoms in total. The number of aromatic nitrogens is 1. The van der Waals surface area contributed by atoms with E-state index in [0.717, 1.165) is 30.0 Å². The predicted octanol–water partition coefficient (Wildman–Crippen LogP) is 4.32. The number of benzene rings is 1. The van der Waals surface area contributed by atoms with Crippen LogP contribution in [-0.4, -0.2) is 11.0 Å². The van der Waals surface area contributed by atoms with Crippen molar-refractivity contribution >= 4 is 17.4 Å². The van der Waals surface area contributed by atoms with E-state index in [1.807, 2.05) is 11.4 Å². The number of amides is 2. The standard InChI is InChI=1S/C19H25N3OS/c1-19(2,3)17-21-14(12-24-17)11-20-18(23)22-16-10-6-8-13-7-4-5-9-15(13)16/h4-5,7,9,12,16H,6,8,10-11H2,1-3H3,(H2,20,22,23). The summed E-state index contributed by atoms with van der Waals surface area (Å²) in [5.74, 6) is 0. The van der Waals surface area contributed by atoms with Gasteiger partial charge in [-0.2, -0.15) is 0 Å². The number of nitrogens with zero attached hydrogens (tertiary/aromatic N) is 1. The van der Waals surface area contributed by atoms with Gasteiger partial charge in [0.2, 0.25) is 0 Å². The van der Waals surface area contributed by atoms with Gasteiger partial charge in [0, 0.05) is 10.8 Å². The molecule has 1 aromatic heterocycles. The largest absolute Gasteiger partial charge is 0.332 e. The Balaban J connectivity index is 1.56. The number of nitrogens with one attached hydrogen (secondary N) is 2. The van der Waals surface area contributed by atoms with Crippen molar-refractivity contribution < 1.29 is 4.79 Å². The van der Waals surface area contributed by atoms with E-state index in [4.69, 9.17) is 0 Å². The normalized spacial score (nSPS) is 17.2. The van der Waals surface area contributed by atoms with Gasteiger partial charge in [-0.05, 0) is 30.4 Å². The van der Waals surface area contributed by atoms with Crippen LogP contribution >= 0.6 is 11.3 Å². The van der Waals surface area contributed by atoms with Gasteiger partial charge in [-0.1, -0.05) is 45.0 Å².